The van der Waals surface area contributed by atoms with E-state index in [-0.39, 0.29) is 0 Å². The van der Waals surface area contributed by atoms with Crippen LogP contribution in [0.15, 0.2) is 18.2 Å². The van der Waals surface area contributed by atoms with Crippen LogP contribution in [0.5, 0.6) is 11.5 Å². The summed E-state index contributed by atoms with van der Waals surface area (Å²) in [5, 5.41) is 3.61. The number of rotatable bonds is 1. The van der Waals surface area contributed by atoms with Gasteiger partial charge in [0.25, 0.3) is 0 Å². The lowest BCUT2D eigenvalue weighted by Gasteiger charge is -2.28. The summed E-state index contributed by atoms with van der Waals surface area (Å²) in [4.78, 5) is 0. The molecule has 0 spiro atoms. The average Bonchev–Trinajstić information content (AvgIpc) is 2.75. The Hall–Kier alpha value is -0.870. The number of nitrogens with one attached hydrogen (secondary N) is 1. The molecule has 1 fully saturated rings. The van der Waals surface area contributed by atoms with Crippen molar-refractivity contribution in [3.05, 3.63) is 23.8 Å². The molecular formula is C12H15NO2S. The molecule has 16 heavy (non-hydrogen) atoms. The minimum Gasteiger partial charge on any atom is -0.454 e. The molecule has 0 bridgehead atoms. The van der Waals surface area contributed by atoms with E-state index >= 15 is 0 Å². The first kappa shape index (κ1) is 10.3. The zero-order valence-electron chi connectivity index (χ0n) is 9.23. The highest BCUT2D eigenvalue weighted by molar-refractivity contribution is 7.99. The van der Waals surface area contributed by atoms with Gasteiger partial charge in [-0.15, -0.1) is 0 Å². The first-order valence-corrected chi connectivity index (χ1v) is 6.72. The zero-order chi connectivity index (χ0) is 11.0. The molecule has 0 radical (unpaired) electrons. The van der Waals surface area contributed by atoms with Gasteiger partial charge in [0.05, 0.1) is 0 Å². The van der Waals surface area contributed by atoms with Crippen molar-refractivity contribution < 1.29 is 9.47 Å². The molecular weight excluding hydrogens is 222 g/mol. The van der Waals surface area contributed by atoms with Crippen molar-refractivity contribution >= 4 is 11.8 Å². The molecule has 0 amide bonds. The number of hydrogen-bond donors (Lipinski definition) is 1. The fourth-order valence-corrected chi connectivity index (χ4v) is 3.23. The van der Waals surface area contributed by atoms with E-state index in [0.717, 1.165) is 17.3 Å². The summed E-state index contributed by atoms with van der Waals surface area (Å²) in [5.41, 5.74) is 1.29. The molecule has 4 heteroatoms. The third-order valence-electron chi connectivity index (χ3n) is 2.94. The minimum absolute atomic E-state index is 0.349. The number of hydrogen-bond acceptors (Lipinski definition) is 4. The first-order valence-electron chi connectivity index (χ1n) is 5.56. The predicted octanol–water partition coefficient (Wildman–Crippen LogP) is 2.18. The van der Waals surface area contributed by atoms with Crippen LogP contribution in [0.4, 0.5) is 0 Å². The van der Waals surface area contributed by atoms with Gasteiger partial charge in [0.2, 0.25) is 6.79 Å². The van der Waals surface area contributed by atoms with Crippen molar-refractivity contribution in [2.75, 3.05) is 18.3 Å². The maximum Gasteiger partial charge on any atom is 0.231 e. The van der Waals surface area contributed by atoms with Crippen LogP contribution >= 0.6 is 11.8 Å². The third kappa shape index (κ3) is 1.87. The Morgan fingerprint density at radius 2 is 2.12 bits per heavy atom. The topological polar surface area (TPSA) is 30.5 Å². The molecule has 2 unspecified atom stereocenters. The van der Waals surface area contributed by atoms with Crippen LogP contribution in [0, 0.1) is 0 Å². The van der Waals surface area contributed by atoms with Gasteiger partial charge in [-0.05, 0) is 24.6 Å². The van der Waals surface area contributed by atoms with Gasteiger partial charge in [0.1, 0.15) is 0 Å². The first-order chi connectivity index (χ1) is 7.83. The largest absolute Gasteiger partial charge is 0.454 e. The van der Waals surface area contributed by atoms with Crippen LogP contribution in [0.1, 0.15) is 18.5 Å². The van der Waals surface area contributed by atoms with E-state index in [2.05, 4.69) is 24.4 Å². The van der Waals surface area contributed by atoms with Crippen LogP contribution in [-0.4, -0.2) is 24.3 Å². The van der Waals surface area contributed by atoms with Gasteiger partial charge in [-0.1, -0.05) is 6.07 Å². The van der Waals surface area contributed by atoms with Crippen LogP contribution in [0.3, 0.4) is 0 Å². The molecule has 3 rings (SSSR count). The van der Waals surface area contributed by atoms with E-state index in [1.54, 1.807) is 0 Å². The molecule has 2 atom stereocenters. The van der Waals surface area contributed by atoms with Crippen molar-refractivity contribution in [1.82, 2.24) is 5.32 Å². The van der Waals surface area contributed by atoms with E-state index in [4.69, 9.17) is 9.47 Å². The molecule has 0 aliphatic carbocycles. The van der Waals surface area contributed by atoms with Gasteiger partial charge in [0, 0.05) is 23.6 Å². The lowest BCUT2D eigenvalue weighted by atomic mass is 10.1. The van der Waals surface area contributed by atoms with E-state index in [9.17, 15) is 0 Å². The van der Waals surface area contributed by atoms with Crippen molar-refractivity contribution in [2.24, 2.45) is 0 Å². The van der Waals surface area contributed by atoms with Gasteiger partial charge < -0.3 is 14.8 Å². The molecule has 0 aromatic heterocycles. The van der Waals surface area contributed by atoms with Crippen molar-refractivity contribution in [1.29, 1.82) is 0 Å². The number of fused-ring (bicyclic) bond motifs is 1. The van der Waals surface area contributed by atoms with Crippen LogP contribution in [0.25, 0.3) is 0 Å². The molecule has 2 aliphatic heterocycles. The van der Waals surface area contributed by atoms with Gasteiger partial charge in [-0.3, -0.25) is 0 Å². The molecule has 86 valence electrons. The Morgan fingerprint density at radius 1 is 1.25 bits per heavy atom. The fourth-order valence-electron chi connectivity index (χ4n) is 2.12. The molecule has 0 saturated carbocycles. The maximum absolute atomic E-state index is 5.40. The highest BCUT2D eigenvalue weighted by Crippen LogP contribution is 2.35. The van der Waals surface area contributed by atoms with Crippen molar-refractivity contribution in [3.8, 4) is 11.5 Å². The van der Waals surface area contributed by atoms with Crippen LogP contribution in [0.2, 0.25) is 0 Å². The highest BCUT2D eigenvalue weighted by atomic mass is 32.2. The third-order valence-corrected chi connectivity index (χ3v) is 4.24. The quantitative estimate of drug-likeness (QED) is 0.811. The summed E-state index contributed by atoms with van der Waals surface area (Å²) in [5.74, 6) is 4.06. The van der Waals surface area contributed by atoms with Gasteiger partial charge in [-0.25, -0.2) is 0 Å². The highest BCUT2D eigenvalue weighted by Gasteiger charge is 2.22. The second kappa shape index (κ2) is 4.18. The second-order valence-electron chi connectivity index (χ2n) is 4.27. The molecule has 3 nitrogen and oxygen atoms in total. The summed E-state index contributed by atoms with van der Waals surface area (Å²) < 4.78 is 10.7. The maximum atomic E-state index is 5.40. The molecule has 1 saturated heterocycles. The van der Waals surface area contributed by atoms with Crippen molar-refractivity contribution in [2.45, 2.75) is 19.0 Å². The van der Waals surface area contributed by atoms with Gasteiger partial charge >= 0.3 is 0 Å². The molecule has 1 aromatic rings. The lowest BCUT2D eigenvalue weighted by Crippen LogP contribution is -2.37. The minimum atomic E-state index is 0.349. The number of benzene rings is 1. The van der Waals surface area contributed by atoms with Crippen LogP contribution in [-0.2, 0) is 0 Å². The summed E-state index contributed by atoms with van der Waals surface area (Å²) >= 11 is 2.00. The van der Waals surface area contributed by atoms with Gasteiger partial charge in [0.15, 0.2) is 11.5 Å². The monoisotopic (exact) mass is 237 g/mol. The second-order valence-corrected chi connectivity index (χ2v) is 5.35. The normalized spacial score (nSPS) is 28.1. The predicted molar refractivity (Wildman–Crippen MR) is 65.2 cm³/mol. The number of ether oxygens (including phenoxy) is 2. The molecule has 1 N–H and O–H groups in total. The van der Waals surface area contributed by atoms with Crippen molar-refractivity contribution in [3.63, 3.8) is 0 Å². The van der Waals surface area contributed by atoms with E-state index in [1.807, 2.05) is 17.8 Å². The Labute approximate surface area is 99.5 Å². The van der Waals surface area contributed by atoms with E-state index in [1.165, 1.54) is 11.3 Å². The molecule has 1 aromatic carbocycles. The average molecular weight is 237 g/mol. The summed E-state index contributed by atoms with van der Waals surface area (Å²) in [6.07, 6.45) is 0. The SMILES string of the molecule is CC1CSCC(c2ccc3c(c2)OCO3)N1. The Bertz CT molecular complexity index is 397. The fraction of sp³-hybridized carbons (Fsp3) is 0.500. The Balaban J connectivity index is 1.83. The Morgan fingerprint density at radius 3 is 3.00 bits per heavy atom. The van der Waals surface area contributed by atoms with Crippen LogP contribution < -0.4 is 14.8 Å². The summed E-state index contributed by atoms with van der Waals surface area (Å²) in [6, 6.07) is 7.24. The zero-order valence-corrected chi connectivity index (χ0v) is 10.0. The number of thioether (sulfide) groups is 1. The summed E-state index contributed by atoms with van der Waals surface area (Å²) in [6.45, 7) is 2.58. The summed E-state index contributed by atoms with van der Waals surface area (Å²) in [7, 11) is 0. The van der Waals surface area contributed by atoms with E-state index < -0.39 is 0 Å². The van der Waals surface area contributed by atoms with E-state index in [0.29, 0.717) is 18.9 Å². The lowest BCUT2D eigenvalue weighted by molar-refractivity contribution is 0.174. The smallest absolute Gasteiger partial charge is 0.231 e. The van der Waals surface area contributed by atoms with Gasteiger partial charge in [-0.2, -0.15) is 11.8 Å². The Kier molecular flexibility index (Phi) is 2.69. The standard InChI is InChI=1S/C12H15NO2S/c1-8-5-16-6-10(13-8)9-2-3-11-12(4-9)15-7-14-11/h2-4,8,10,13H,5-7H2,1H3. The molecule has 2 heterocycles. The molecule has 2 aliphatic rings.